The zero-order valence-electron chi connectivity index (χ0n) is 17.2. The highest BCUT2D eigenvalue weighted by atomic mass is 35.5. The third kappa shape index (κ3) is 4.46. The molecule has 0 bridgehead atoms. The van der Waals surface area contributed by atoms with Crippen LogP contribution in [0.15, 0.2) is 42.5 Å². The van der Waals surface area contributed by atoms with Gasteiger partial charge in [0.2, 0.25) is 0 Å². The first-order valence-electron chi connectivity index (χ1n) is 9.53. The fraction of sp³-hybridized carbons (Fsp3) is 0.0909. The third-order valence-corrected chi connectivity index (χ3v) is 5.17. The molecule has 4 aromatic rings. The lowest BCUT2D eigenvalue weighted by atomic mass is 10.1. The molecule has 4 rings (SSSR count). The molecule has 4 N–H and O–H groups in total. The number of nitrogen functional groups attached to an aromatic ring is 1. The molecule has 6 nitrogen and oxygen atoms in total. The predicted octanol–water partition coefficient (Wildman–Crippen LogP) is 6.45. The summed E-state index contributed by atoms with van der Waals surface area (Å²) in [6, 6.07) is 6.24. The Kier molecular flexibility index (Phi) is 5.82. The van der Waals surface area contributed by atoms with Gasteiger partial charge in [0.1, 0.15) is 17.4 Å². The van der Waals surface area contributed by atoms with E-state index < -0.39 is 34.8 Å². The van der Waals surface area contributed by atoms with Crippen LogP contribution in [0.2, 0.25) is 5.02 Å². The Balaban J connectivity index is 1.82. The molecule has 0 unspecified atom stereocenters. The van der Waals surface area contributed by atoms with Gasteiger partial charge in [0.15, 0.2) is 11.6 Å². The summed E-state index contributed by atoms with van der Waals surface area (Å²) >= 11 is 6.09. The lowest BCUT2D eigenvalue weighted by molar-refractivity contribution is -0.137. The molecule has 1 heterocycles. The van der Waals surface area contributed by atoms with Gasteiger partial charge in [-0.3, -0.25) is 9.89 Å². The zero-order chi connectivity index (χ0) is 24.8. The molecule has 12 heteroatoms. The van der Waals surface area contributed by atoms with E-state index in [2.05, 4.69) is 15.5 Å². The fourth-order valence-electron chi connectivity index (χ4n) is 3.30. The number of nitrogens with one attached hydrogen (secondary N) is 2. The average molecular weight is 497 g/mol. The molecule has 1 aromatic heterocycles. The molecule has 0 fully saturated rings. The Bertz CT molecular complexity index is 1440. The minimum absolute atomic E-state index is 0.0261. The number of ether oxygens (including phenoxy) is 1. The van der Waals surface area contributed by atoms with E-state index in [-0.39, 0.29) is 39.5 Å². The summed E-state index contributed by atoms with van der Waals surface area (Å²) in [5, 5.41) is 9.26. The monoisotopic (exact) mass is 496 g/mol. The van der Waals surface area contributed by atoms with Crippen molar-refractivity contribution in [3.05, 3.63) is 75.8 Å². The average Bonchev–Trinajstić information content (AvgIpc) is 3.14. The molecule has 34 heavy (non-hydrogen) atoms. The minimum atomic E-state index is -4.86. The highest BCUT2D eigenvalue weighted by Gasteiger charge is 2.32. The summed E-state index contributed by atoms with van der Waals surface area (Å²) in [6.07, 6.45) is -4.86. The Labute approximate surface area is 193 Å². The first-order valence-corrected chi connectivity index (χ1v) is 9.91. The summed E-state index contributed by atoms with van der Waals surface area (Å²) in [7, 11) is 0. The van der Waals surface area contributed by atoms with Crippen LogP contribution in [0.3, 0.4) is 0 Å². The van der Waals surface area contributed by atoms with E-state index >= 15 is 0 Å². The number of aryl methyl sites for hydroxylation is 1. The van der Waals surface area contributed by atoms with Gasteiger partial charge in [0.05, 0.1) is 27.2 Å². The van der Waals surface area contributed by atoms with E-state index in [1.807, 2.05) is 0 Å². The van der Waals surface area contributed by atoms with E-state index in [0.29, 0.717) is 23.2 Å². The molecule has 0 aliphatic rings. The standard InChI is InChI=1S/C22H14ClF5N4O2/c1-9-4-15(30-21(33)10-5-11(22(26,27)28)7-13(25)6-10)19(17-18(9)31-32-20(17)29)34-16-8-12(24)2-3-14(16)23/h2-8H,1H3,(H,30,33)(H3,29,31,32). The highest BCUT2D eigenvalue weighted by molar-refractivity contribution is 6.32. The smallest absolute Gasteiger partial charge is 0.416 e. The van der Waals surface area contributed by atoms with E-state index in [9.17, 15) is 26.7 Å². The van der Waals surface area contributed by atoms with Crippen LogP contribution in [-0.4, -0.2) is 16.1 Å². The molecule has 0 saturated heterocycles. The maximum atomic E-state index is 13.8. The van der Waals surface area contributed by atoms with Gasteiger partial charge in [-0.1, -0.05) is 11.6 Å². The van der Waals surface area contributed by atoms with Crippen molar-refractivity contribution >= 4 is 39.9 Å². The number of nitrogens with two attached hydrogens (primary N) is 1. The van der Waals surface area contributed by atoms with Crippen molar-refractivity contribution in [1.29, 1.82) is 0 Å². The van der Waals surface area contributed by atoms with Crippen LogP contribution in [0, 0.1) is 18.6 Å². The van der Waals surface area contributed by atoms with Crippen molar-refractivity contribution < 1.29 is 31.5 Å². The number of aromatic nitrogens is 2. The number of aromatic amines is 1. The Morgan fingerprint density at radius 1 is 1.12 bits per heavy atom. The molecular weight excluding hydrogens is 483 g/mol. The van der Waals surface area contributed by atoms with Crippen molar-refractivity contribution in [2.45, 2.75) is 13.1 Å². The maximum absolute atomic E-state index is 13.8. The number of H-pyrrole nitrogens is 1. The Morgan fingerprint density at radius 3 is 2.56 bits per heavy atom. The number of anilines is 2. The van der Waals surface area contributed by atoms with Crippen molar-refractivity contribution in [1.82, 2.24) is 10.2 Å². The fourth-order valence-corrected chi connectivity index (χ4v) is 3.46. The molecule has 0 spiro atoms. The van der Waals surface area contributed by atoms with Gasteiger partial charge in [0, 0.05) is 11.6 Å². The van der Waals surface area contributed by atoms with Crippen molar-refractivity contribution in [2.75, 3.05) is 11.1 Å². The van der Waals surface area contributed by atoms with Crippen LogP contribution >= 0.6 is 11.6 Å². The summed E-state index contributed by atoms with van der Waals surface area (Å²) in [4.78, 5) is 12.8. The molecule has 0 radical (unpaired) electrons. The van der Waals surface area contributed by atoms with Gasteiger partial charge in [-0.25, -0.2) is 8.78 Å². The number of benzene rings is 3. The number of carbonyl (C=O) groups excluding carboxylic acids is 1. The molecule has 0 saturated carbocycles. The number of fused-ring (bicyclic) bond motifs is 1. The van der Waals surface area contributed by atoms with Crippen LogP contribution in [-0.2, 0) is 6.18 Å². The summed E-state index contributed by atoms with van der Waals surface area (Å²) in [5.41, 5.74) is 4.98. The van der Waals surface area contributed by atoms with Crippen LogP contribution in [0.4, 0.5) is 33.5 Å². The van der Waals surface area contributed by atoms with Crippen LogP contribution < -0.4 is 15.8 Å². The largest absolute Gasteiger partial charge is 0.453 e. The summed E-state index contributed by atoms with van der Waals surface area (Å²) in [5.74, 6) is -3.20. The van der Waals surface area contributed by atoms with Crippen molar-refractivity contribution in [3.8, 4) is 11.5 Å². The molecule has 0 atom stereocenters. The molecule has 0 aliphatic carbocycles. The number of nitrogens with zero attached hydrogens (tertiary/aromatic N) is 1. The lowest BCUT2D eigenvalue weighted by Crippen LogP contribution is -2.15. The first kappa shape index (κ1) is 23.3. The van der Waals surface area contributed by atoms with E-state index in [1.165, 1.54) is 12.1 Å². The first-order chi connectivity index (χ1) is 15.9. The minimum Gasteiger partial charge on any atom is -0.453 e. The third-order valence-electron chi connectivity index (χ3n) is 4.86. The van der Waals surface area contributed by atoms with E-state index in [4.69, 9.17) is 22.1 Å². The number of alkyl halides is 3. The zero-order valence-corrected chi connectivity index (χ0v) is 17.9. The number of amides is 1. The molecule has 3 aromatic carbocycles. The van der Waals surface area contributed by atoms with Gasteiger partial charge < -0.3 is 15.8 Å². The molecular formula is C22H14ClF5N4O2. The van der Waals surface area contributed by atoms with E-state index in [1.54, 1.807) is 6.92 Å². The van der Waals surface area contributed by atoms with Crippen LogP contribution in [0.25, 0.3) is 10.9 Å². The van der Waals surface area contributed by atoms with Gasteiger partial charge in [0.25, 0.3) is 5.91 Å². The molecule has 176 valence electrons. The number of rotatable bonds is 4. The second-order valence-electron chi connectivity index (χ2n) is 7.29. The van der Waals surface area contributed by atoms with Crippen LogP contribution in [0.1, 0.15) is 21.5 Å². The number of carbonyl (C=O) groups is 1. The van der Waals surface area contributed by atoms with Gasteiger partial charge in [-0.2, -0.15) is 18.3 Å². The quantitative estimate of drug-likeness (QED) is 0.283. The van der Waals surface area contributed by atoms with Gasteiger partial charge >= 0.3 is 6.18 Å². The normalized spacial score (nSPS) is 11.6. The SMILES string of the molecule is Cc1cc(NC(=O)c2cc(F)cc(C(F)(F)F)c2)c(Oc2cc(F)ccc2Cl)c2c(N)n[nH]c12. The summed E-state index contributed by atoms with van der Waals surface area (Å²) in [6.45, 7) is 1.65. The van der Waals surface area contributed by atoms with Gasteiger partial charge in [-0.15, -0.1) is 0 Å². The second-order valence-corrected chi connectivity index (χ2v) is 7.69. The highest BCUT2D eigenvalue weighted by Crippen LogP contribution is 2.43. The van der Waals surface area contributed by atoms with Crippen molar-refractivity contribution in [2.24, 2.45) is 0 Å². The second kappa shape index (κ2) is 8.49. The number of hydrogen-bond acceptors (Lipinski definition) is 4. The maximum Gasteiger partial charge on any atom is 0.416 e. The Morgan fingerprint density at radius 2 is 1.85 bits per heavy atom. The lowest BCUT2D eigenvalue weighted by Gasteiger charge is -2.16. The number of halogens is 6. The predicted molar refractivity (Wildman–Crippen MR) is 116 cm³/mol. The van der Waals surface area contributed by atoms with Gasteiger partial charge in [-0.05, 0) is 48.9 Å². The van der Waals surface area contributed by atoms with Crippen LogP contribution in [0.5, 0.6) is 11.5 Å². The molecule has 1 amide bonds. The molecule has 0 aliphatic heterocycles. The van der Waals surface area contributed by atoms with E-state index in [0.717, 1.165) is 12.1 Å². The Hall–Kier alpha value is -3.86. The topological polar surface area (TPSA) is 93.0 Å². The number of hydrogen-bond donors (Lipinski definition) is 3. The summed E-state index contributed by atoms with van der Waals surface area (Å²) < 4.78 is 72.6. The van der Waals surface area contributed by atoms with Crippen molar-refractivity contribution in [3.63, 3.8) is 0 Å².